The second-order valence-electron chi connectivity index (χ2n) is 6.32. The van der Waals surface area contributed by atoms with Crippen LogP contribution in [0.4, 0.5) is 0 Å². The van der Waals surface area contributed by atoms with Gasteiger partial charge in [-0.05, 0) is 59.4 Å². The van der Waals surface area contributed by atoms with Crippen molar-refractivity contribution in [3.05, 3.63) is 22.4 Å². The first kappa shape index (κ1) is 11.9. The molecule has 102 valence electrons. The maximum Gasteiger partial charge on any atom is 0.238 e. The first-order valence-corrected chi connectivity index (χ1v) is 8.30. The van der Waals surface area contributed by atoms with Crippen LogP contribution in [0.25, 0.3) is 0 Å². The number of thiophene rings is 1. The van der Waals surface area contributed by atoms with Crippen LogP contribution in [-0.2, 0) is 4.79 Å². The third kappa shape index (κ3) is 2.01. The van der Waals surface area contributed by atoms with Crippen molar-refractivity contribution in [2.75, 3.05) is 13.1 Å². The van der Waals surface area contributed by atoms with Gasteiger partial charge < -0.3 is 4.90 Å². The SMILES string of the molecule is O=C1CNC(c2ccsc2)N1CC1CC2CCC1C2. The molecule has 1 saturated heterocycles. The zero-order valence-electron chi connectivity index (χ0n) is 11.0. The zero-order valence-corrected chi connectivity index (χ0v) is 11.9. The van der Waals surface area contributed by atoms with Crippen molar-refractivity contribution in [3.63, 3.8) is 0 Å². The van der Waals surface area contributed by atoms with E-state index >= 15 is 0 Å². The van der Waals surface area contributed by atoms with E-state index in [1.165, 1.54) is 31.2 Å². The largest absolute Gasteiger partial charge is 0.321 e. The van der Waals surface area contributed by atoms with E-state index in [0.717, 1.165) is 24.3 Å². The van der Waals surface area contributed by atoms with E-state index in [4.69, 9.17) is 0 Å². The van der Waals surface area contributed by atoms with Crippen LogP contribution in [-0.4, -0.2) is 23.9 Å². The van der Waals surface area contributed by atoms with E-state index in [2.05, 4.69) is 27.0 Å². The molecule has 1 aromatic heterocycles. The van der Waals surface area contributed by atoms with Gasteiger partial charge >= 0.3 is 0 Å². The molecule has 3 aliphatic rings. The molecule has 1 amide bonds. The highest BCUT2D eigenvalue weighted by atomic mass is 32.1. The number of hydrogen-bond donors (Lipinski definition) is 1. The summed E-state index contributed by atoms with van der Waals surface area (Å²) in [5.41, 5.74) is 1.25. The van der Waals surface area contributed by atoms with Crippen molar-refractivity contribution in [2.45, 2.75) is 31.8 Å². The lowest BCUT2D eigenvalue weighted by atomic mass is 9.88. The van der Waals surface area contributed by atoms with Crippen LogP contribution < -0.4 is 5.32 Å². The van der Waals surface area contributed by atoms with Gasteiger partial charge in [0.2, 0.25) is 5.91 Å². The van der Waals surface area contributed by atoms with Crippen LogP contribution in [0, 0.1) is 17.8 Å². The van der Waals surface area contributed by atoms with Gasteiger partial charge in [0, 0.05) is 6.54 Å². The molecule has 4 unspecified atom stereocenters. The molecular formula is C15H20N2OS. The zero-order chi connectivity index (χ0) is 12.8. The first-order valence-electron chi connectivity index (χ1n) is 7.36. The molecule has 4 heteroatoms. The minimum Gasteiger partial charge on any atom is -0.321 e. The number of nitrogens with one attached hydrogen (secondary N) is 1. The molecule has 1 aromatic rings. The van der Waals surface area contributed by atoms with Gasteiger partial charge in [0.05, 0.1) is 6.54 Å². The molecule has 0 spiro atoms. The van der Waals surface area contributed by atoms with Gasteiger partial charge in [-0.25, -0.2) is 0 Å². The molecule has 2 aliphatic carbocycles. The molecule has 2 saturated carbocycles. The van der Waals surface area contributed by atoms with E-state index in [1.807, 2.05) is 0 Å². The predicted octanol–water partition coefficient (Wildman–Crippen LogP) is 2.61. The van der Waals surface area contributed by atoms with Crippen molar-refractivity contribution in [3.8, 4) is 0 Å². The molecule has 0 radical (unpaired) electrons. The van der Waals surface area contributed by atoms with Gasteiger partial charge in [-0.15, -0.1) is 0 Å². The van der Waals surface area contributed by atoms with Gasteiger partial charge in [-0.3, -0.25) is 10.1 Å². The minimum atomic E-state index is 0.123. The first-order chi connectivity index (χ1) is 9.31. The number of rotatable bonds is 3. The van der Waals surface area contributed by atoms with Crippen LogP contribution in [0.3, 0.4) is 0 Å². The summed E-state index contributed by atoms with van der Waals surface area (Å²) in [7, 11) is 0. The monoisotopic (exact) mass is 276 g/mol. The fraction of sp³-hybridized carbons (Fsp3) is 0.667. The summed E-state index contributed by atoms with van der Waals surface area (Å²) in [6.45, 7) is 1.47. The Morgan fingerprint density at radius 2 is 2.32 bits per heavy atom. The second kappa shape index (κ2) is 4.60. The number of amides is 1. The summed E-state index contributed by atoms with van der Waals surface area (Å²) in [4.78, 5) is 14.2. The number of nitrogens with zero attached hydrogens (tertiary/aromatic N) is 1. The third-order valence-corrected chi connectivity index (χ3v) is 5.95. The number of carbonyl (C=O) groups excluding carboxylic acids is 1. The standard InChI is InChI=1S/C15H20N2OS/c18-14-7-16-15(12-3-4-19-9-12)17(14)8-13-6-10-1-2-11(13)5-10/h3-4,9-11,13,15-16H,1-2,5-8H2. The van der Waals surface area contributed by atoms with E-state index in [-0.39, 0.29) is 12.1 Å². The molecule has 4 atom stereocenters. The smallest absolute Gasteiger partial charge is 0.238 e. The molecule has 19 heavy (non-hydrogen) atoms. The molecule has 0 aromatic carbocycles. The number of carbonyl (C=O) groups is 1. The summed E-state index contributed by atoms with van der Waals surface area (Å²) >= 11 is 1.71. The number of hydrogen-bond acceptors (Lipinski definition) is 3. The molecule has 2 bridgehead atoms. The summed E-state index contributed by atoms with van der Waals surface area (Å²) < 4.78 is 0. The minimum absolute atomic E-state index is 0.123. The fourth-order valence-corrected chi connectivity index (χ4v) is 5.01. The lowest BCUT2D eigenvalue weighted by Gasteiger charge is -2.30. The summed E-state index contributed by atoms with van der Waals surface area (Å²) in [6.07, 6.45) is 5.72. The lowest BCUT2D eigenvalue weighted by molar-refractivity contribution is -0.128. The number of fused-ring (bicyclic) bond motifs is 2. The molecule has 1 N–H and O–H groups in total. The maximum absolute atomic E-state index is 12.1. The summed E-state index contributed by atoms with van der Waals surface area (Å²) in [5, 5.41) is 7.61. The molecular weight excluding hydrogens is 256 g/mol. The Hall–Kier alpha value is -0.870. The van der Waals surface area contributed by atoms with Crippen LogP contribution in [0.1, 0.15) is 37.4 Å². The molecule has 3 fully saturated rings. The molecule has 1 aliphatic heterocycles. The summed E-state index contributed by atoms with van der Waals surface area (Å²) in [5.74, 6) is 2.88. The van der Waals surface area contributed by atoms with E-state index in [0.29, 0.717) is 6.54 Å². The molecule has 2 heterocycles. The Morgan fingerprint density at radius 1 is 1.37 bits per heavy atom. The quantitative estimate of drug-likeness (QED) is 0.920. The Kier molecular flexibility index (Phi) is 2.88. The van der Waals surface area contributed by atoms with E-state index in [9.17, 15) is 4.79 Å². The van der Waals surface area contributed by atoms with Gasteiger partial charge in [-0.2, -0.15) is 11.3 Å². The highest BCUT2D eigenvalue weighted by Crippen LogP contribution is 2.49. The molecule has 3 nitrogen and oxygen atoms in total. The Bertz CT molecular complexity index is 472. The van der Waals surface area contributed by atoms with Crippen LogP contribution >= 0.6 is 11.3 Å². The average molecular weight is 276 g/mol. The molecule has 4 rings (SSSR count). The highest BCUT2D eigenvalue weighted by Gasteiger charge is 2.42. The van der Waals surface area contributed by atoms with Gasteiger partial charge in [0.1, 0.15) is 6.17 Å². The van der Waals surface area contributed by atoms with Crippen molar-refractivity contribution in [1.29, 1.82) is 0 Å². The topological polar surface area (TPSA) is 32.3 Å². The highest BCUT2D eigenvalue weighted by molar-refractivity contribution is 7.07. The third-order valence-electron chi connectivity index (χ3n) is 5.25. The van der Waals surface area contributed by atoms with Crippen LogP contribution in [0.2, 0.25) is 0 Å². The van der Waals surface area contributed by atoms with Gasteiger partial charge in [0.15, 0.2) is 0 Å². The van der Waals surface area contributed by atoms with E-state index < -0.39 is 0 Å². The maximum atomic E-state index is 12.1. The van der Waals surface area contributed by atoms with Crippen molar-refractivity contribution in [1.82, 2.24) is 10.2 Å². The van der Waals surface area contributed by atoms with E-state index in [1.54, 1.807) is 11.3 Å². The second-order valence-corrected chi connectivity index (χ2v) is 7.10. The Balaban J connectivity index is 1.50. The summed E-state index contributed by atoms with van der Waals surface area (Å²) in [6, 6.07) is 2.13. The van der Waals surface area contributed by atoms with Gasteiger partial charge in [0.25, 0.3) is 0 Å². The fourth-order valence-electron chi connectivity index (χ4n) is 4.33. The van der Waals surface area contributed by atoms with Crippen LogP contribution in [0.15, 0.2) is 16.8 Å². The van der Waals surface area contributed by atoms with Crippen molar-refractivity contribution < 1.29 is 4.79 Å². The predicted molar refractivity (Wildman–Crippen MR) is 75.7 cm³/mol. The lowest BCUT2D eigenvalue weighted by Crippen LogP contribution is -2.36. The van der Waals surface area contributed by atoms with Crippen LogP contribution in [0.5, 0.6) is 0 Å². The Morgan fingerprint density at radius 3 is 3.00 bits per heavy atom. The van der Waals surface area contributed by atoms with Crippen molar-refractivity contribution in [2.24, 2.45) is 17.8 Å². The van der Waals surface area contributed by atoms with Gasteiger partial charge in [-0.1, -0.05) is 6.42 Å². The average Bonchev–Trinajstić information content (AvgIpc) is 3.14. The normalized spacial score (nSPS) is 37.5. The van der Waals surface area contributed by atoms with Crippen molar-refractivity contribution >= 4 is 17.2 Å². The Labute approximate surface area is 118 Å².